The smallest absolute Gasteiger partial charge is 0.141 e. The molecule has 6 nitrogen and oxygen atoms in total. The monoisotopic (exact) mass is 460 g/mol. The molecule has 3 aliphatic rings. The zero-order valence-corrected chi connectivity index (χ0v) is 21.4. The summed E-state index contributed by atoms with van der Waals surface area (Å²) in [6.45, 7) is 12.7. The second-order valence-electron chi connectivity index (χ2n) is 13.0. The molecule has 0 aromatic rings. The average Bonchev–Trinajstić information content (AvgIpc) is 2.47. The molecule has 0 unspecified atom stereocenters. The molecule has 0 spiro atoms. The van der Waals surface area contributed by atoms with Crippen molar-refractivity contribution in [3.63, 3.8) is 0 Å². The summed E-state index contributed by atoms with van der Waals surface area (Å²) in [5.41, 5.74) is -5.00. The molecule has 3 rings (SSSR count). The minimum Gasteiger partial charge on any atom is -0.299 e. The van der Waals surface area contributed by atoms with Gasteiger partial charge in [-0.15, -0.1) is 0 Å². The summed E-state index contributed by atoms with van der Waals surface area (Å²) in [7, 11) is -3.71. The minimum absolute atomic E-state index is 0.146. The lowest BCUT2D eigenvalue weighted by Crippen LogP contribution is -2.63. The molecule has 0 saturated heterocycles. The van der Waals surface area contributed by atoms with Crippen molar-refractivity contribution < 1.29 is 28.8 Å². The molecule has 0 radical (unpaired) electrons. The lowest BCUT2D eigenvalue weighted by atomic mass is 9.75. The number of Topliss-reactive ketones (excluding diaryl/α,β-unsaturated/α-hetero) is 6. The number of hydrogen-bond donors (Lipinski definition) is 0. The maximum absolute atomic E-state index is 13.4. The van der Waals surface area contributed by atoms with Crippen LogP contribution in [0.3, 0.4) is 0 Å². The van der Waals surface area contributed by atoms with Gasteiger partial charge in [-0.25, -0.2) is 0 Å². The van der Waals surface area contributed by atoms with Crippen LogP contribution in [0.1, 0.15) is 80.1 Å². The van der Waals surface area contributed by atoms with Gasteiger partial charge in [0.25, 0.3) is 0 Å². The molecule has 0 amide bonds. The van der Waals surface area contributed by atoms with E-state index in [0.29, 0.717) is 0 Å². The lowest BCUT2D eigenvalue weighted by Gasteiger charge is -2.50. The van der Waals surface area contributed by atoms with Crippen LogP contribution in [0.5, 0.6) is 0 Å². The second-order valence-corrected chi connectivity index (χ2v) is 17.5. The molecule has 0 bridgehead atoms. The molecule has 0 aromatic heterocycles. The van der Waals surface area contributed by atoms with E-state index < -0.39 is 40.9 Å². The molecular weight excluding hydrogens is 424 g/mol. The Balaban J connectivity index is 2.18. The second kappa shape index (κ2) is 7.64. The minimum atomic E-state index is -3.71. The standard InChI is InChI=1S/C25H36O6Si/c1-23(2)8-14(26)20(15(27)9-23)32(7,21-16(28)10-24(3,4)11-17(21)29)22-18(30)12-25(5,6)13-19(22)31/h20-22H,8-13H2,1-7H3. The molecule has 0 aromatic carbocycles. The maximum Gasteiger partial charge on any atom is 0.141 e. The molecule has 0 heterocycles. The summed E-state index contributed by atoms with van der Waals surface area (Å²) in [5, 5.41) is 0. The van der Waals surface area contributed by atoms with Crippen molar-refractivity contribution in [3.05, 3.63) is 0 Å². The Morgan fingerprint density at radius 2 is 0.625 bits per heavy atom. The normalized spacial score (nSPS) is 27.8. The number of hydrogen-bond acceptors (Lipinski definition) is 6. The van der Waals surface area contributed by atoms with Crippen molar-refractivity contribution in [2.24, 2.45) is 16.2 Å². The van der Waals surface area contributed by atoms with Crippen LogP contribution in [0.2, 0.25) is 23.2 Å². The van der Waals surface area contributed by atoms with Crippen molar-refractivity contribution >= 4 is 42.8 Å². The average molecular weight is 461 g/mol. The summed E-state index contributed by atoms with van der Waals surface area (Å²) in [6, 6.07) is 0. The first kappa shape index (κ1) is 24.9. The first-order valence-corrected chi connectivity index (χ1v) is 14.3. The number of carbonyl (C=O) groups is 6. The Hall–Kier alpha value is -1.76. The van der Waals surface area contributed by atoms with E-state index >= 15 is 0 Å². The topological polar surface area (TPSA) is 102 Å². The van der Waals surface area contributed by atoms with Gasteiger partial charge in [-0.3, -0.25) is 28.8 Å². The Morgan fingerprint density at radius 1 is 0.469 bits per heavy atom. The lowest BCUT2D eigenvalue weighted by molar-refractivity contribution is -0.133. The van der Waals surface area contributed by atoms with Crippen LogP contribution < -0.4 is 0 Å². The van der Waals surface area contributed by atoms with Crippen LogP contribution in [0.25, 0.3) is 0 Å². The van der Waals surface area contributed by atoms with Crippen LogP contribution >= 0.6 is 0 Å². The van der Waals surface area contributed by atoms with E-state index in [-0.39, 0.29) is 73.2 Å². The van der Waals surface area contributed by atoms with Gasteiger partial charge < -0.3 is 0 Å². The Bertz CT molecular complexity index is 748. The van der Waals surface area contributed by atoms with Gasteiger partial charge in [0, 0.05) is 38.5 Å². The van der Waals surface area contributed by atoms with E-state index in [1.54, 1.807) is 6.55 Å². The van der Waals surface area contributed by atoms with E-state index in [0.717, 1.165) is 0 Å². The highest BCUT2D eigenvalue weighted by Crippen LogP contribution is 2.55. The highest BCUT2D eigenvalue weighted by Gasteiger charge is 2.66. The molecule has 7 heteroatoms. The van der Waals surface area contributed by atoms with Gasteiger partial charge in [0.15, 0.2) is 0 Å². The zero-order valence-electron chi connectivity index (χ0n) is 20.4. The Kier molecular flexibility index (Phi) is 5.94. The van der Waals surface area contributed by atoms with Crippen LogP contribution in [-0.2, 0) is 28.8 Å². The third-order valence-electron chi connectivity index (χ3n) is 7.71. The molecule has 0 N–H and O–H groups in total. The third kappa shape index (κ3) is 4.25. The van der Waals surface area contributed by atoms with E-state index in [4.69, 9.17) is 0 Å². The largest absolute Gasteiger partial charge is 0.299 e. The quantitative estimate of drug-likeness (QED) is 0.465. The van der Waals surface area contributed by atoms with Crippen LogP contribution in [0.15, 0.2) is 0 Å². The summed E-state index contributed by atoms with van der Waals surface area (Å²) < 4.78 is 0. The predicted molar refractivity (Wildman–Crippen MR) is 122 cm³/mol. The molecule has 0 aliphatic heterocycles. The molecule has 176 valence electrons. The number of rotatable bonds is 3. The molecule has 3 fully saturated rings. The van der Waals surface area contributed by atoms with E-state index in [1.165, 1.54) is 0 Å². The molecule has 0 atom stereocenters. The summed E-state index contributed by atoms with van der Waals surface area (Å²) in [4.78, 5) is 80.4. The highest BCUT2D eigenvalue weighted by atomic mass is 28.3. The molecule has 3 aliphatic carbocycles. The van der Waals surface area contributed by atoms with Crippen LogP contribution in [0.4, 0.5) is 0 Å². The van der Waals surface area contributed by atoms with Crippen LogP contribution in [0, 0.1) is 16.2 Å². The van der Waals surface area contributed by atoms with Crippen molar-refractivity contribution in [2.75, 3.05) is 0 Å². The SMILES string of the molecule is CC1(C)CC(=O)C([Si](C)(C2C(=O)CC(C)(C)CC2=O)C2C(=O)CC(C)(C)CC2=O)C(=O)C1. The molecule has 3 saturated carbocycles. The summed E-state index contributed by atoms with van der Waals surface area (Å²) in [6.07, 6.45) is 0.876. The summed E-state index contributed by atoms with van der Waals surface area (Å²) >= 11 is 0. The maximum atomic E-state index is 13.4. The fourth-order valence-corrected chi connectivity index (χ4v) is 12.5. The van der Waals surface area contributed by atoms with Crippen molar-refractivity contribution in [1.29, 1.82) is 0 Å². The van der Waals surface area contributed by atoms with Crippen molar-refractivity contribution in [1.82, 2.24) is 0 Å². The fraction of sp³-hybridized carbons (Fsp3) is 0.760. The molecule has 32 heavy (non-hydrogen) atoms. The Morgan fingerprint density at radius 3 is 0.781 bits per heavy atom. The van der Waals surface area contributed by atoms with E-state index in [2.05, 4.69) is 0 Å². The van der Waals surface area contributed by atoms with Crippen LogP contribution in [-0.4, -0.2) is 42.8 Å². The van der Waals surface area contributed by atoms with Gasteiger partial charge in [0.2, 0.25) is 0 Å². The predicted octanol–water partition coefficient (Wildman–Crippen LogP) is 4.05. The fourth-order valence-electron chi connectivity index (χ4n) is 6.75. The van der Waals surface area contributed by atoms with Gasteiger partial charge in [-0.05, 0) is 16.2 Å². The highest BCUT2D eigenvalue weighted by molar-refractivity contribution is 6.98. The van der Waals surface area contributed by atoms with E-state index in [1.807, 2.05) is 41.5 Å². The zero-order chi connectivity index (χ0) is 24.4. The van der Waals surface area contributed by atoms with Crippen molar-refractivity contribution in [3.8, 4) is 0 Å². The third-order valence-corrected chi connectivity index (χ3v) is 13.4. The van der Waals surface area contributed by atoms with Gasteiger partial charge in [0.05, 0.1) is 16.6 Å². The van der Waals surface area contributed by atoms with Gasteiger partial charge in [-0.1, -0.05) is 48.1 Å². The first-order chi connectivity index (χ1) is 14.4. The van der Waals surface area contributed by atoms with Gasteiger partial charge in [-0.2, -0.15) is 0 Å². The number of ketones is 6. The summed E-state index contributed by atoms with van der Waals surface area (Å²) in [5.74, 6) is -1.85. The Labute approximate surface area is 191 Å². The molecular formula is C25H36O6Si. The van der Waals surface area contributed by atoms with E-state index in [9.17, 15) is 28.8 Å². The first-order valence-electron chi connectivity index (χ1n) is 11.6. The van der Waals surface area contributed by atoms with Gasteiger partial charge in [0.1, 0.15) is 42.8 Å². The number of carbonyl (C=O) groups excluding carboxylic acids is 6. The van der Waals surface area contributed by atoms with Crippen molar-refractivity contribution in [2.45, 2.75) is 103 Å². The van der Waals surface area contributed by atoms with Gasteiger partial charge >= 0.3 is 0 Å².